The van der Waals surface area contributed by atoms with E-state index in [1.54, 1.807) is 6.08 Å². The van der Waals surface area contributed by atoms with Gasteiger partial charge < -0.3 is 5.11 Å². The molecule has 0 aliphatic rings. The minimum atomic E-state index is -0.440. The van der Waals surface area contributed by atoms with Crippen molar-refractivity contribution >= 4 is 5.97 Å². The lowest BCUT2D eigenvalue weighted by Gasteiger charge is -2.01. The summed E-state index contributed by atoms with van der Waals surface area (Å²) in [5.74, 6) is -0.512. The molecule has 0 aromatic carbocycles. The highest BCUT2D eigenvalue weighted by atomic mass is 16.4. The molecule has 0 amide bonds. The van der Waals surface area contributed by atoms with Gasteiger partial charge in [-0.3, -0.25) is 0 Å². The first-order valence-corrected chi connectivity index (χ1v) is 3.58. The topological polar surface area (TPSA) is 40.0 Å². The van der Waals surface area contributed by atoms with Crippen LogP contribution >= 0.6 is 0 Å². The van der Waals surface area contributed by atoms with Crippen molar-refractivity contribution in [2.24, 2.45) is 5.92 Å². The van der Waals surface area contributed by atoms with E-state index in [1.807, 2.05) is 6.92 Å². The summed E-state index contributed by atoms with van der Waals surface area (Å²) in [4.78, 5) is 10.5. The summed E-state index contributed by atoms with van der Waals surface area (Å²) in [5.41, 5.74) is 0. The molecule has 0 aromatic rings. The fourth-order valence-corrected chi connectivity index (χ4v) is 0.840. The summed E-state index contributed by atoms with van der Waals surface area (Å²) in [6, 6.07) is 0. The molecule has 2 N–H and O–H groups in total. The average molecular weight is 143 g/mol. The number of hydrogen-bond donors (Lipinski definition) is 0. The maximum absolute atomic E-state index is 10.5. The molecule has 0 rings (SSSR count). The van der Waals surface area contributed by atoms with E-state index < -0.39 is 5.97 Å². The Labute approximate surface area is 61.6 Å². The fourth-order valence-electron chi connectivity index (χ4n) is 0.840. The highest BCUT2D eigenvalue weighted by molar-refractivity contribution is 5.69. The van der Waals surface area contributed by atoms with E-state index in [0.29, 0.717) is 0 Å². The standard InChI is InChI=1S/C8H14O2/c1-3-5-6-7(4-2)8(9)10/h3,7H,1,4-6H2,2H3,(H,9,10)/p+1/t7-/m1/s1. The van der Waals surface area contributed by atoms with Gasteiger partial charge in [-0.15, -0.1) is 6.58 Å². The molecule has 58 valence electrons. The Kier molecular flexibility index (Phi) is 4.63. The molecule has 0 unspecified atom stereocenters. The van der Waals surface area contributed by atoms with Crippen LogP contribution in [0, 0.1) is 5.92 Å². The third-order valence-corrected chi connectivity index (χ3v) is 1.58. The molecule has 0 bridgehead atoms. The minimum Gasteiger partial charge on any atom is -0.565 e. The van der Waals surface area contributed by atoms with Crippen LogP contribution in [0.2, 0.25) is 0 Å². The van der Waals surface area contributed by atoms with Crippen LogP contribution in [0.1, 0.15) is 26.2 Å². The van der Waals surface area contributed by atoms with Gasteiger partial charge in [0.15, 0.2) is 0 Å². The second-order valence-electron chi connectivity index (χ2n) is 2.34. The van der Waals surface area contributed by atoms with Crippen LogP contribution in [0.3, 0.4) is 0 Å². The summed E-state index contributed by atoms with van der Waals surface area (Å²) in [7, 11) is 0. The Morgan fingerprint density at radius 3 is 2.70 bits per heavy atom. The number of allylic oxidation sites excluding steroid dienone is 1. The molecule has 0 saturated heterocycles. The maximum Gasteiger partial charge on any atom is 0.519 e. The molecular weight excluding hydrogens is 128 g/mol. The van der Waals surface area contributed by atoms with E-state index in [9.17, 15) is 4.79 Å². The fraction of sp³-hybridized carbons (Fsp3) is 0.625. The third-order valence-electron chi connectivity index (χ3n) is 1.58. The quantitative estimate of drug-likeness (QED) is 0.421. The lowest BCUT2D eigenvalue weighted by atomic mass is 10.0. The summed E-state index contributed by atoms with van der Waals surface area (Å²) >= 11 is 0. The van der Waals surface area contributed by atoms with E-state index in [2.05, 4.69) is 6.58 Å². The van der Waals surface area contributed by atoms with Gasteiger partial charge in [-0.25, -0.2) is 0 Å². The van der Waals surface area contributed by atoms with Crippen LogP contribution in [-0.2, 0) is 4.79 Å². The zero-order chi connectivity index (χ0) is 7.98. The van der Waals surface area contributed by atoms with Gasteiger partial charge in [-0.05, 0) is 19.3 Å². The molecule has 0 saturated carbocycles. The van der Waals surface area contributed by atoms with Crippen molar-refractivity contribution in [3.05, 3.63) is 12.7 Å². The molecule has 0 aromatic heterocycles. The lowest BCUT2D eigenvalue weighted by Crippen LogP contribution is -2.11. The van der Waals surface area contributed by atoms with Crippen molar-refractivity contribution < 1.29 is 9.90 Å². The predicted molar refractivity (Wildman–Crippen MR) is 41.8 cm³/mol. The van der Waals surface area contributed by atoms with Crippen LogP contribution in [0.15, 0.2) is 12.7 Å². The maximum atomic E-state index is 10.5. The largest absolute Gasteiger partial charge is 0.565 e. The third kappa shape index (κ3) is 3.28. The molecular formula is C8H15O2+. The summed E-state index contributed by atoms with van der Waals surface area (Å²) in [6.07, 6.45) is 4.17. The van der Waals surface area contributed by atoms with E-state index in [0.717, 1.165) is 19.3 Å². The van der Waals surface area contributed by atoms with Gasteiger partial charge >= 0.3 is 5.97 Å². The van der Waals surface area contributed by atoms with E-state index >= 15 is 0 Å². The smallest absolute Gasteiger partial charge is 0.519 e. The van der Waals surface area contributed by atoms with Crippen molar-refractivity contribution in [2.75, 3.05) is 0 Å². The Balaban J connectivity index is 3.60. The van der Waals surface area contributed by atoms with Gasteiger partial charge in [0.2, 0.25) is 0 Å². The first-order valence-electron chi connectivity index (χ1n) is 3.58. The van der Waals surface area contributed by atoms with Gasteiger partial charge in [-0.2, -0.15) is 0 Å². The Bertz CT molecular complexity index is 118. The molecule has 2 nitrogen and oxygen atoms in total. The summed E-state index contributed by atoms with van der Waals surface area (Å²) in [5, 5.41) is 6.84. The Morgan fingerprint density at radius 2 is 2.40 bits per heavy atom. The first kappa shape index (κ1) is 9.21. The van der Waals surface area contributed by atoms with Gasteiger partial charge in [0.25, 0.3) is 0 Å². The number of rotatable bonds is 5. The van der Waals surface area contributed by atoms with Crippen molar-refractivity contribution in [2.45, 2.75) is 26.2 Å². The van der Waals surface area contributed by atoms with E-state index in [-0.39, 0.29) is 5.92 Å². The molecule has 0 radical (unpaired) electrons. The second kappa shape index (κ2) is 5.03. The van der Waals surface area contributed by atoms with Crippen molar-refractivity contribution in [1.82, 2.24) is 0 Å². The summed E-state index contributed by atoms with van der Waals surface area (Å²) in [6.45, 7) is 5.48. The molecule has 1 atom stereocenters. The Hall–Kier alpha value is -0.790. The predicted octanol–water partition coefficient (Wildman–Crippen LogP) is 1.23. The first-order chi connectivity index (χ1) is 4.72. The average Bonchev–Trinajstić information content (AvgIpc) is 1.89. The zero-order valence-corrected chi connectivity index (χ0v) is 6.39. The van der Waals surface area contributed by atoms with Crippen LogP contribution < -0.4 is 0 Å². The van der Waals surface area contributed by atoms with Gasteiger partial charge in [0.1, 0.15) is 5.92 Å². The van der Waals surface area contributed by atoms with Gasteiger partial charge in [-0.1, -0.05) is 13.0 Å². The van der Waals surface area contributed by atoms with Crippen LogP contribution in [0.25, 0.3) is 0 Å². The number of hydrogen-bond acceptors (Lipinski definition) is 1. The molecule has 10 heavy (non-hydrogen) atoms. The number of carbonyl (C=O) groups is 1. The molecule has 0 spiro atoms. The van der Waals surface area contributed by atoms with Gasteiger partial charge in [0.05, 0.1) is 0 Å². The van der Waals surface area contributed by atoms with Crippen LogP contribution in [0.5, 0.6) is 0 Å². The molecule has 0 aliphatic carbocycles. The number of carbonyl (C=O) groups excluding carboxylic acids is 1. The van der Waals surface area contributed by atoms with Crippen LogP contribution in [-0.4, -0.2) is 11.1 Å². The minimum absolute atomic E-state index is 0.0713. The van der Waals surface area contributed by atoms with Gasteiger partial charge in [0, 0.05) is 4.79 Å². The molecule has 0 aliphatic heterocycles. The monoisotopic (exact) mass is 143 g/mol. The SMILES string of the molecule is C=CCC[C@@H](CC)C(=O)[OH2+]. The van der Waals surface area contributed by atoms with E-state index in [4.69, 9.17) is 5.11 Å². The highest BCUT2D eigenvalue weighted by Gasteiger charge is 2.20. The van der Waals surface area contributed by atoms with E-state index in [1.165, 1.54) is 0 Å². The molecule has 0 fully saturated rings. The zero-order valence-electron chi connectivity index (χ0n) is 6.39. The van der Waals surface area contributed by atoms with Crippen molar-refractivity contribution in [3.8, 4) is 0 Å². The summed E-state index contributed by atoms with van der Waals surface area (Å²) < 4.78 is 0. The molecule has 2 heteroatoms. The highest BCUT2D eigenvalue weighted by Crippen LogP contribution is 2.10. The molecule has 0 heterocycles. The normalized spacial score (nSPS) is 12.5. The van der Waals surface area contributed by atoms with Crippen LogP contribution in [0.4, 0.5) is 0 Å². The van der Waals surface area contributed by atoms with Crippen molar-refractivity contribution in [1.29, 1.82) is 0 Å². The van der Waals surface area contributed by atoms with Crippen molar-refractivity contribution in [3.63, 3.8) is 0 Å². The lowest BCUT2D eigenvalue weighted by molar-refractivity contribution is -0.142. The second-order valence-corrected chi connectivity index (χ2v) is 2.34. The Morgan fingerprint density at radius 1 is 1.80 bits per heavy atom.